The number of allylic oxidation sites excluding steroid dienone is 1. The van der Waals surface area contributed by atoms with Crippen molar-refractivity contribution in [2.75, 3.05) is 30.9 Å². The number of hydrogen-bond donors (Lipinski definition) is 1. The Bertz CT molecular complexity index is 354. The van der Waals surface area contributed by atoms with Crippen LogP contribution >= 0.6 is 11.6 Å². The minimum Gasteiger partial charge on any atom is -0.383 e. The molecule has 16 heavy (non-hydrogen) atoms. The highest BCUT2D eigenvalue weighted by Gasteiger charge is 2.11. The number of unbranched alkanes of at least 4 members (excludes halogenated alkanes) is 1. The molecule has 1 aromatic heterocycles. The fraction of sp³-hybridized carbons (Fsp3) is 0.455. The molecule has 4 nitrogen and oxygen atoms in total. The normalized spacial score (nSPS) is 9.94. The number of aromatic nitrogens is 2. The first-order valence-electron chi connectivity index (χ1n) is 5.21. The molecular weight excluding hydrogens is 224 g/mol. The van der Waals surface area contributed by atoms with E-state index in [1.54, 1.807) is 0 Å². The Balaban J connectivity index is 2.77. The lowest BCUT2D eigenvalue weighted by molar-refractivity contribution is 0.791. The average molecular weight is 241 g/mol. The molecule has 0 amide bonds. The molecule has 1 heterocycles. The van der Waals surface area contributed by atoms with E-state index in [2.05, 4.69) is 26.8 Å². The zero-order valence-electron chi connectivity index (χ0n) is 9.70. The molecule has 0 saturated carbocycles. The van der Waals surface area contributed by atoms with Crippen molar-refractivity contribution < 1.29 is 0 Å². The summed E-state index contributed by atoms with van der Waals surface area (Å²) in [7, 11) is 3.80. The van der Waals surface area contributed by atoms with Crippen molar-refractivity contribution in [1.82, 2.24) is 9.97 Å². The van der Waals surface area contributed by atoms with Gasteiger partial charge < -0.3 is 10.2 Å². The summed E-state index contributed by atoms with van der Waals surface area (Å²) >= 11 is 5.98. The first kappa shape index (κ1) is 12.8. The molecule has 0 aliphatic heterocycles. The summed E-state index contributed by atoms with van der Waals surface area (Å²) in [6.07, 6.45) is 5.44. The topological polar surface area (TPSA) is 41.1 Å². The van der Waals surface area contributed by atoms with Gasteiger partial charge in [-0.15, -0.1) is 6.58 Å². The molecule has 0 saturated heterocycles. The minimum atomic E-state index is 0.447. The minimum absolute atomic E-state index is 0.447. The Morgan fingerprint density at radius 1 is 1.56 bits per heavy atom. The molecule has 88 valence electrons. The molecule has 0 spiro atoms. The van der Waals surface area contributed by atoms with Crippen LogP contribution in [-0.2, 0) is 0 Å². The van der Waals surface area contributed by atoms with Gasteiger partial charge in [-0.05, 0) is 12.8 Å². The van der Waals surface area contributed by atoms with Gasteiger partial charge >= 0.3 is 0 Å². The van der Waals surface area contributed by atoms with E-state index in [9.17, 15) is 0 Å². The lowest BCUT2D eigenvalue weighted by atomic mass is 10.3. The molecule has 0 radical (unpaired) electrons. The van der Waals surface area contributed by atoms with Gasteiger partial charge in [-0.1, -0.05) is 17.7 Å². The number of nitrogens with one attached hydrogen (secondary N) is 1. The van der Waals surface area contributed by atoms with Crippen LogP contribution in [0.25, 0.3) is 0 Å². The Kier molecular flexibility index (Phi) is 5.05. The molecule has 1 aromatic rings. The SMILES string of the molecule is C=CCCCN(C)c1ncnc(Cl)c1NC. The number of nitrogens with zero attached hydrogens (tertiary/aromatic N) is 3. The molecule has 0 aliphatic rings. The van der Waals surface area contributed by atoms with Crippen LogP contribution in [0.4, 0.5) is 11.5 Å². The van der Waals surface area contributed by atoms with Crippen molar-refractivity contribution >= 4 is 23.1 Å². The van der Waals surface area contributed by atoms with E-state index in [0.717, 1.165) is 30.9 Å². The molecule has 0 aromatic carbocycles. The van der Waals surface area contributed by atoms with Gasteiger partial charge in [0.2, 0.25) is 0 Å². The molecular formula is C11H17ClN4. The molecule has 0 aliphatic carbocycles. The molecule has 5 heteroatoms. The number of hydrogen-bond acceptors (Lipinski definition) is 4. The van der Waals surface area contributed by atoms with Crippen LogP contribution in [0.15, 0.2) is 19.0 Å². The molecule has 0 atom stereocenters. The summed E-state index contributed by atoms with van der Waals surface area (Å²) in [5.41, 5.74) is 0.769. The predicted molar refractivity (Wildman–Crippen MR) is 69.3 cm³/mol. The summed E-state index contributed by atoms with van der Waals surface area (Å²) in [5.74, 6) is 0.826. The van der Waals surface area contributed by atoms with E-state index in [-0.39, 0.29) is 0 Å². The fourth-order valence-electron chi connectivity index (χ4n) is 1.44. The second-order valence-corrected chi connectivity index (χ2v) is 3.82. The van der Waals surface area contributed by atoms with Crippen molar-refractivity contribution in [2.45, 2.75) is 12.8 Å². The first-order chi connectivity index (χ1) is 7.70. The highest BCUT2D eigenvalue weighted by atomic mass is 35.5. The Labute approximate surface area is 101 Å². The predicted octanol–water partition coefficient (Wildman–Crippen LogP) is 2.57. The maximum atomic E-state index is 5.98. The van der Waals surface area contributed by atoms with E-state index < -0.39 is 0 Å². The van der Waals surface area contributed by atoms with Gasteiger partial charge in [0.05, 0.1) is 0 Å². The van der Waals surface area contributed by atoms with Gasteiger partial charge in [0.25, 0.3) is 0 Å². The zero-order chi connectivity index (χ0) is 12.0. The van der Waals surface area contributed by atoms with Crippen LogP contribution in [0.1, 0.15) is 12.8 Å². The Morgan fingerprint density at radius 3 is 2.94 bits per heavy atom. The molecule has 1 N–H and O–H groups in total. The summed E-state index contributed by atoms with van der Waals surface area (Å²) in [5, 5.41) is 3.46. The van der Waals surface area contributed by atoms with Gasteiger partial charge in [-0.25, -0.2) is 9.97 Å². The second kappa shape index (κ2) is 6.33. The summed E-state index contributed by atoms with van der Waals surface area (Å²) in [4.78, 5) is 10.2. The number of rotatable bonds is 6. The maximum absolute atomic E-state index is 5.98. The summed E-state index contributed by atoms with van der Waals surface area (Å²) in [6, 6.07) is 0. The standard InChI is InChI=1S/C11H17ClN4/c1-4-5-6-7-16(3)11-9(13-2)10(12)14-8-15-11/h4,8,13H,1,5-7H2,2-3H3. The quantitative estimate of drug-likeness (QED) is 0.471. The van der Waals surface area contributed by atoms with Gasteiger partial charge in [-0.3, -0.25) is 0 Å². The Hall–Kier alpha value is -1.29. The highest BCUT2D eigenvalue weighted by Crippen LogP contribution is 2.27. The molecule has 1 rings (SSSR count). The van der Waals surface area contributed by atoms with Crippen molar-refractivity contribution in [1.29, 1.82) is 0 Å². The lowest BCUT2D eigenvalue weighted by Crippen LogP contribution is -2.21. The van der Waals surface area contributed by atoms with Crippen molar-refractivity contribution in [3.63, 3.8) is 0 Å². The van der Waals surface area contributed by atoms with Crippen LogP contribution in [0.3, 0.4) is 0 Å². The number of halogens is 1. The lowest BCUT2D eigenvalue weighted by Gasteiger charge is -2.20. The van der Waals surface area contributed by atoms with Crippen LogP contribution in [0.5, 0.6) is 0 Å². The molecule has 0 fully saturated rings. The van der Waals surface area contributed by atoms with Gasteiger partial charge in [-0.2, -0.15) is 0 Å². The number of anilines is 2. The van der Waals surface area contributed by atoms with Crippen molar-refractivity contribution in [3.05, 3.63) is 24.1 Å². The fourth-order valence-corrected chi connectivity index (χ4v) is 1.66. The van der Waals surface area contributed by atoms with Gasteiger partial charge in [0.1, 0.15) is 12.0 Å². The molecule has 0 unspecified atom stereocenters. The maximum Gasteiger partial charge on any atom is 0.157 e. The van der Waals surface area contributed by atoms with E-state index in [0.29, 0.717) is 5.15 Å². The third-order valence-electron chi connectivity index (χ3n) is 2.29. The van der Waals surface area contributed by atoms with Crippen molar-refractivity contribution in [2.24, 2.45) is 0 Å². The van der Waals surface area contributed by atoms with E-state index >= 15 is 0 Å². The average Bonchev–Trinajstić information content (AvgIpc) is 2.29. The van der Waals surface area contributed by atoms with Crippen LogP contribution in [0, 0.1) is 0 Å². The van der Waals surface area contributed by atoms with Gasteiger partial charge in [0, 0.05) is 20.6 Å². The molecule has 0 bridgehead atoms. The summed E-state index contributed by atoms with van der Waals surface area (Å²) < 4.78 is 0. The largest absolute Gasteiger partial charge is 0.383 e. The van der Waals surface area contributed by atoms with Crippen LogP contribution in [0.2, 0.25) is 5.15 Å². The first-order valence-corrected chi connectivity index (χ1v) is 5.58. The van der Waals surface area contributed by atoms with E-state index in [1.807, 2.05) is 20.2 Å². The Morgan fingerprint density at radius 2 is 2.31 bits per heavy atom. The van der Waals surface area contributed by atoms with Crippen molar-refractivity contribution in [3.8, 4) is 0 Å². The smallest absolute Gasteiger partial charge is 0.157 e. The van der Waals surface area contributed by atoms with E-state index in [4.69, 9.17) is 11.6 Å². The monoisotopic (exact) mass is 240 g/mol. The third kappa shape index (κ3) is 3.10. The summed E-state index contributed by atoms with van der Waals surface area (Å²) in [6.45, 7) is 4.61. The van der Waals surface area contributed by atoms with E-state index in [1.165, 1.54) is 6.33 Å². The van der Waals surface area contributed by atoms with Crippen LogP contribution < -0.4 is 10.2 Å². The van der Waals surface area contributed by atoms with Crippen LogP contribution in [-0.4, -0.2) is 30.6 Å². The highest BCUT2D eigenvalue weighted by molar-refractivity contribution is 6.32. The zero-order valence-corrected chi connectivity index (χ0v) is 10.5. The third-order valence-corrected chi connectivity index (χ3v) is 2.58. The van der Waals surface area contributed by atoms with Gasteiger partial charge in [0.15, 0.2) is 11.0 Å². The second-order valence-electron chi connectivity index (χ2n) is 3.47.